The minimum Gasteiger partial charge on any atom is -0.309 e. The largest absolute Gasteiger partial charge is 0.309 e. The van der Waals surface area contributed by atoms with Gasteiger partial charge in [0.25, 0.3) is 0 Å². The lowest BCUT2D eigenvalue weighted by Gasteiger charge is -2.10. The third kappa shape index (κ3) is 3.11. The van der Waals surface area contributed by atoms with Crippen LogP contribution in [0.25, 0.3) is 49.7 Å². The lowest BCUT2D eigenvalue weighted by atomic mass is 10.0. The molecule has 0 aliphatic rings. The number of aromatic nitrogens is 1. The van der Waals surface area contributed by atoms with Gasteiger partial charge in [0.15, 0.2) is 0 Å². The van der Waals surface area contributed by atoms with Gasteiger partial charge in [-0.1, -0.05) is 103 Å². The molecule has 32 heavy (non-hydrogen) atoms. The fourth-order valence-electron chi connectivity index (χ4n) is 4.69. The van der Waals surface area contributed by atoms with Crippen LogP contribution in [0.4, 0.5) is 0 Å². The Hall–Kier alpha value is -4.10. The Morgan fingerprint density at radius 1 is 0.438 bits per heavy atom. The first-order valence-corrected chi connectivity index (χ1v) is 11.0. The molecule has 0 N–H and O–H groups in total. The molecule has 0 unspecified atom stereocenters. The summed E-state index contributed by atoms with van der Waals surface area (Å²) in [7, 11) is 0. The van der Waals surface area contributed by atoms with E-state index in [0.717, 1.165) is 0 Å². The molecule has 0 saturated heterocycles. The van der Waals surface area contributed by atoms with Gasteiger partial charge in [-0.15, -0.1) is 0 Å². The lowest BCUT2D eigenvalue weighted by Crippen LogP contribution is -1.94. The number of benzene rings is 5. The zero-order valence-corrected chi connectivity index (χ0v) is 18.0. The zero-order chi connectivity index (χ0) is 21.5. The molecular formula is C31H23N. The molecule has 0 radical (unpaired) electrons. The van der Waals surface area contributed by atoms with Gasteiger partial charge in [-0.05, 0) is 53.4 Å². The SMILES string of the molecule is Cc1cccc(-c2ccc3c4ccccc4n(-c4ccc(-c5ccccc5)cc4)c3c2)c1. The number of para-hydroxylation sites is 1. The van der Waals surface area contributed by atoms with Gasteiger partial charge in [0.2, 0.25) is 0 Å². The van der Waals surface area contributed by atoms with Gasteiger partial charge >= 0.3 is 0 Å². The van der Waals surface area contributed by atoms with Gasteiger partial charge in [0.1, 0.15) is 0 Å². The second kappa shape index (κ2) is 7.55. The fourth-order valence-corrected chi connectivity index (χ4v) is 4.69. The first kappa shape index (κ1) is 18.7. The normalized spacial score (nSPS) is 11.3. The Kier molecular flexibility index (Phi) is 4.40. The van der Waals surface area contributed by atoms with Crippen LogP contribution in [-0.4, -0.2) is 4.57 Å². The molecule has 0 aliphatic carbocycles. The van der Waals surface area contributed by atoms with E-state index in [1.54, 1.807) is 0 Å². The summed E-state index contributed by atoms with van der Waals surface area (Å²) in [4.78, 5) is 0. The second-order valence-electron chi connectivity index (χ2n) is 8.37. The summed E-state index contributed by atoms with van der Waals surface area (Å²) >= 11 is 0. The summed E-state index contributed by atoms with van der Waals surface area (Å²) in [6, 6.07) is 43.7. The maximum absolute atomic E-state index is 2.39. The molecule has 0 fully saturated rings. The van der Waals surface area contributed by atoms with Crippen molar-refractivity contribution in [2.24, 2.45) is 0 Å². The number of fused-ring (bicyclic) bond motifs is 3. The van der Waals surface area contributed by atoms with Crippen molar-refractivity contribution < 1.29 is 0 Å². The van der Waals surface area contributed by atoms with Crippen LogP contribution in [0.15, 0.2) is 121 Å². The monoisotopic (exact) mass is 409 g/mol. The Balaban J connectivity index is 1.57. The number of hydrogen-bond acceptors (Lipinski definition) is 0. The molecule has 5 aromatic carbocycles. The Morgan fingerprint density at radius 3 is 1.88 bits per heavy atom. The Labute approximate surface area is 188 Å². The summed E-state index contributed by atoms with van der Waals surface area (Å²) in [6.45, 7) is 2.15. The van der Waals surface area contributed by atoms with Crippen LogP contribution in [0.2, 0.25) is 0 Å². The standard InChI is InChI=1S/C31H23N/c1-22-8-7-11-25(20-22)26-16-19-29-28-12-5-6-13-30(28)32(31(29)21-26)27-17-14-24(15-18-27)23-9-3-2-4-10-23/h2-21H,1H3. The summed E-state index contributed by atoms with van der Waals surface area (Å²) in [5.41, 5.74) is 9.89. The quantitative estimate of drug-likeness (QED) is 0.276. The van der Waals surface area contributed by atoms with Gasteiger partial charge < -0.3 is 4.57 Å². The van der Waals surface area contributed by atoms with E-state index in [-0.39, 0.29) is 0 Å². The van der Waals surface area contributed by atoms with Crippen LogP contribution in [0.1, 0.15) is 5.56 Å². The van der Waals surface area contributed by atoms with E-state index >= 15 is 0 Å². The average Bonchev–Trinajstić information content (AvgIpc) is 3.18. The van der Waals surface area contributed by atoms with Crippen LogP contribution in [0.3, 0.4) is 0 Å². The number of rotatable bonds is 3. The number of nitrogens with zero attached hydrogens (tertiary/aromatic N) is 1. The van der Waals surface area contributed by atoms with Crippen molar-refractivity contribution in [1.29, 1.82) is 0 Å². The Morgan fingerprint density at radius 2 is 1.06 bits per heavy atom. The van der Waals surface area contributed by atoms with E-state index in [0.29, 0.717) is 0 Å². The van der Waals surface area contributed by atoms with E-state index in [1.165, 1.54) is 55.3 Å². The molecule has 6 aromatic rings. The van der Waals surface area contributed by atoms with Crippen molar-refractivity contribution in [2.75, 3.05) is 0 Å². The first-order chi connectivity index (χ1) is 15.8. The molecule has 1 aromatic heterocycles. The van der Waals surface area contributed by atoms with Crippen molar-refractivity contribution in [2.45, 2.75) is 6.92 Å². The van der Waals surface area contributed by atoms with Crippen molar-refractivity contribution in [3.63, 3.8) is 0 Å². The summed E-state index contributed by atoms with van der Waals surface area (Å²) in [5.74, 6) is 0. The molecule has 1 heterocycles. The molecule has 6 rings (SSSR count). The highest BCUT2D eigenvalue weighted by atomic mass is 15.0. The fraction of sp³-hybridized carbons (Fsp3) is 0.0323. The molecule has 0 amide bonds. The van der Waals surface area contributed by atoms with Gasteiger partial charge in [-0.3, -0.25) is 0 Å². The lowest BCUT2D eigenvalue weighted by molar-refractivity contribution is 1.18. The van der Waals surface area contributed by atoms with Crippen molar-refractivity contribution in [3.8, 4) is 27.9 Å². The maximum Gasteiger partial charge on any atom is 0.0547 e. The minimum absolute atomic E-state index is 1.18. The van der Waals surface area contributed by atoms with Gasteiger partial charge in [0, 0.05) is 16.5 Å². The van der Waals surface area contributed by atoms with Gasteiger partial charge in [0.05, 0.1) is 11.0 Å². The highest BCUT2D eigenvalue weighted by Gasteiger charge is 2.13. The van der Waals surface area contributed by atoms with Gasteiger partial charge in [-0.25, -0.2) is 0 Å². The summed E-state index contributed by atoms with van der Waals surface area (Å²) in [5, 5.41) is 2.56. The van der Waals surface area contributed by atoms with E-state index in [2.05, 4.69) is 133 Å². The highest BCUT2D eigenvalue weighted by Crippen LogP contribution is 2.35. The second-order valence-corrected chi connectivity index (χ2v) is 8.37. The molecule has 0 bridgehead atoms. The third-order valence-electron chi connectivity index (χ3n) is 6.26. The molecule has 0 atom stereocenters. The number of aryl methyl sites for hydroxylation is 1. The van der Waals surface area contributed by atoms with Crippen LogP contribution < -0.4 is 0 Å². The van der Waals surface area contributed by atoms with Crippen molar-refractivity contribution >= 4 is 21.8 Å². The van der Waals surface area contributed by atoms with Crippen molar-refractivity contribution in [3.05, 3.63) is 127 Å². The third-order valence-corrected chi connectivity index (χ3v) is 6.26. The van der Waals surface area contributed by atoms with Crippen LogP contribution in [0.5, 0.6) is 0 Å². The molecule has 152 valence electrons. The number of hydrogen-bond donors (Lipinski definition) is 0. The summed E-state index contributed by atoms with van der Waals surface area (Å²) in [6.07, 6.45) is 0. The molecular weight excluding hydrogens is 386 g/mol. The van der Waals surface area contributed by atoms with E-state index in [1.807, 2.05) is 0 Å². The first-order valence-electron chi connectivity index (χ1n) is 11.0. The zero-order valence-electron chi connectivity index (χ0n) is 18.0. The topological polar surface area (TPSA) is 4.93 Å². The smallest absolute Gasteiger partial charge is 0.0547 e. The maximum atomic E-state index is 2.39. The average molecular weight is 410 g/mol. The van der Waals surface area contributed by atoms with E-state index in [9.17, 15) is 0 Å². The minimum atomic E-state index is 1.18. The molecule has 0 aliphatic heterocycles. The van der Waals surface area contributed by atoms with Gasteiger partial charge in [-0.2, -0.15) is 0 Å². The highest BCUT2D eigenvalue weighted by molar-refractivity contribution is 6.10. The molecule has 0 saturated carbocycles. The van der Waals surface area contributed by atoms with E-state index in [4.69, 9.17) is 0 Å². The predicted octanol–water partition coefficient (Wildman–Crippen LogP) is 8.43. The molecule has 0 spiro atoms. The van der Waals surface area contributed by atoms with Crippen molar-refractivity contribution in [1.82, 2.24) is 4.57 Å². The van der Waals surface area contributed by atoms with Crippen LogP contribution in [-0.2, 0) is 0 Å². The summed E-state index contributed by atoms with van der Waals surface area (Å²) < 4.78 is 2.39. The van der Waals surface area contributed by atoms with E-state index < -0.39 is 0 Å². The predicted molar refractivity (Wildman–Crippen MR) is 136 cm³/mol. The van der Waals surface area contributed by atoms with Crippen LogP contribution >= 0.6 is 0 Å². The van der Waals surface area contributed by atoms with Crippen LogP contribution in [0, 0.1) is 6.92 Å². The molecule has 1 heteroatoms. The molecule has 1 nitrogen and oxygen atoms in total. The Bertz CT molecular complexity index is 1550.